The first kappa shape index (κ1) is 15.4. The van der Waals surface area contributed by atoms with Gasteiger partial charge in [0.25, 0.3) is 0 Å². The minimum Gasteiger partial charge on any atom is -0.466 e. The van der Waals surface area contributed by atoms with Crippen LogP contribution in [0.15, 0.2) is 0 Å². The van der Waals surface area contributed by atoms with E-state index in [1.807, 2.05) is 0 Å². The maximum atomic E-state index is 12.4. The van der Waals surface area contributed by atoms with E-state index in [9.17, 15) is 9.18 Å². The molecule has 0 aliphatic heterocycles. The number of esters is 1. The summed E-state index contributed by atoms with van der Waals surface area (Å²) in [6.45, 7) is 3.61. The lowest BCUT2D eigenvalue weighted by molar-refractivity contribution is -0.141. The van der Waals surface area contributed by atoms with Crippen LogP contribution in [0, 0.1) is 0 Å². The molecule has 0 aromatic heterocycles. The van der Waals surface area contributed by atoms with Crippen LogP contribution in [0.3, 0.4) is 0 Å². The second-order valence-electron chi connectivity index (χ2n) is 4.38. The predicted molar refractivity (Wildman–Crippen MR) is 64.1 cm³/mol. The summed E-state index contributed by atoms with van der Waals surface area (Å²) in [5.41, 5.74) is 0. The van der Waals surface area contributed by atoms with E-state index in [0.717, 1.165) is 25.7 Å². The van der Waals surface area contributed by atoms with Crippen molar-refractivity contribution in [3.63, 3.8) is 0 Å². The Morgan fingerprint density at radius 1 is 1.06 bits per heavy atom. The fraction of sp³-hybridized carbons (Fsp3) is 0.923. The molecular formula is C13H25FO2. The number of carbonyl (C=O) groups excluding carboxylic acids is 1. The number of carbonyl (C=O) groups is 1. The van der Waals surface area contributed by atoms with Crippen LogP contribution < -0.4 is 0 Å². The molecule has 2 nitrogen and oxygen atoms in total. The van der Waals surface area contributed by atoms with Gasteiger partial charge in [-0.15, -0.1) is 0 Å². The van der Waals surface area contributed by atoms with Crippen LogP contribution >= 0.6 is 0 Å². The van der Waals surface area contributed by atoms with Crippen molar-refractivity contribution in [1.29, 1.82) is 0 Å². The van der Waals surface area contributed by atoms with Crippen molar-refractivity contribution in [1.82, 2.24) is 0 Å². The third kappa shape index (κ3) is 13.4. The van der Waals surface area contributed by atoms with Gasteiger partial charge in [-0.1, -0.05) is 38.5 Å². The lowest BCUT2D eigenvalue weighted by Gasteiger charge is -2.03. The van der Waals surface area contributed by atoms with Crippen LogP contribution in [0.2, 0.25) is 0 Å². The van der Waals surface area contributed by atoms with Crippen LogP contribution in [-0.2, 0) is 9.53 Å². The SMILES string of the molecule is CC(=O)OCCCCCCCCCC(C)F. The molecule has 96 valence electrons. The summed E-state index contributed by atoms with van der Waals surface area (Å²) in [4.78, 5) is 10.5. The Kier molecular flexibility index (Phi) is 10.5. The zero-order chi connectivity index (χ0) is 12.2. The van der Waals surface area contributed by atoms with Gasteiger partial charge in [-0.2, -0.15) is 0 Å². The molecule has 0 fully saturated rings. The fourth-order valence-electron chi connectivity index (χ4n) is 1.63. The Hall–Kier alpha value is -0.600. The molecule has 1 unspecified atom stereocenters. The zero-order valence-electron chi connectivity index (χ0n) is 10.6. The summed E-state index contributed by atoms with van der Waals surface area (Å²) in [6.07, 6.45) is 7.86. The molecule has 0 aromatic rings. The second kappa shape index (κ2) is 10.9. The van der Waals surface area contributed by atoms with E-state index in [2.05, 4.69) is 0 Å². The minimum absolute atomic E-state index is 0.194. The minimum atomic E-state index is -0.649. The van der Waals surface area contributed by atoms with Crippen molar-refractivity contribution in [3.05, 3.63) is 0 Å². The summed E-state index contributed by atoms with van der Waals surface area (Å²) in [6, 6.07) is 0. The van der Waals surface area contributed by atoms with Gasteiger partial charge >= 0.3 is 5.97 Å². The second-order valence-corrected chi connectivity index (χ2v) is 4.38. The number of unbranched alkanes of at least 4 members (excludes halogenated alkanes) is 6. The molecule has 0 aliphatic carbocycles. The van der Waals surface area contributed by atoms with Crippen molar-refractivity contribution in [2.75, 3.05) is 6.61 Å². The van der Waals surface area contributed by atoms with Crippen molar-refractivity contribution in [2.24, 2.45) is 0 Å². The van der Waals surface area contributed by atoms with E-state index in [1.54, 1.807) is 6.92 Å². The number of ether oxygens (including phenoxy) is 1. The molecule has 0 amide bonds. The monoisotopic (exact) mass is 232 g/mol. The van der Waals surface area contributed by atoms with Crippen LogP contribution in [0.1, 0.15) is 65.2 Å². The first-order valence-corrected chi connectivity index (χ1v) is 6.40. The van der Waals surface area contributed by atoms with E-state index in [-0.39, 0.29) is 5.97 Å². The summed E-state index contributed by atoms with van der Waals surface area (Å²) < 4.78 is 17.3. The topological polar surface area (TPSA) is 26.3 Å². The fourth-order valence-corrected chi connectivity index (χ4v) is 1.63. The molecule has 0 aliphatic rings. The van der Waals surface area contributed by atoms with E-state index in [4.69, 9.17) is 4.74 Å². The van der Waals surface area contributed by atoms with Crippen LogP contribution in [0.25, 0.3) is 0 Å². The lowest BCUT2D eigenvalue weighted by atomic mass is 10.1. The van der Waals surface area contributed by atoms with Crippen molar-refractivity contribution >= 4 is 5.97 Å². The van der Waals surface area contributed by atoms with Gasteiger partial charge in [0.2, 0.25) is 0 Å². The van der Waals surface area contributed by atoms with E-state index in [1.165, 1.54) is 26.2 Å². The van der Waals surface area contributed by atoms with Crippen molar-refractivity contribution < 1.29 is 13.9 Å². The number of hydrogen-bond donors (Lipinski definition) is 0. The highest BCUT2D eigenvalue weighted by molar-refractivity contribution is 5.65. The Balaban J connectivity index is 2.96. The molecule has 0 rings (SSSR count). The van der Waals surface area contributed by atoms with Crippen LogP contribution in [-0.4, -0.2) is 18.7 Å². The number of halogens is 1. The zero-order valence-corrected chi connectivity index (χ0v) is 10.6. The van der Waals surface area contributed by atoms with E-state index in [0.29, 0.717) is 13.0 Å². The molecule has 0 saturated heterocycles. The Bertz CT molecular complexity index is 169. The van der Waals surface area contributed by atoms with E-state index < -0.39 is 6.17 Å². The molecule has 0 radical (unpaired) electrons. The van der Waals surface area contributed by atoms with Crippen LogP contribution in [0.4, 0.5) is 4.39 Å². The quantitative estimate of drug-likeness (QED) is 0.420. The van der Waals surface area contributed by atoms with Gasteiger partial charge in [0.1, 0.15) is 0 Å². The van der Waals surface area contributed by atoms with Gasteiger partial charge in [-0.25, -0.2) is 4.39 Å². The normalized spacial score (nSPS) is 12.4. The van der Waals surface area contributed by atoms with Gasteiger partial charge in [-0.3, -0.25) is 4.79 Å². The highest BCUT2D eigenvalue weighted by atomic mass is 19.1. The van der Waals surface area contributed by atoms with Gasteiger partial charge < -0.3 is 4.74 Å². The molecule has 0 bridgehead atoms. The van der Waals surface area contributed by atoms with E-state index >= 15 is 0 Å². The average Bonchev–Trinajstić information content (AvgIpc) is 2.20. The Morgan fingerprint density at radius 2 is 1.56 bits per heavy atom. The van der Waals surface area contributed by atoms with Crippen molar-refractivity contribution in [2.45, 2.75) is 71.4 Å². The number of alkyl halides is 1. The summed E-state index contributed by atoms with van der Waals surface area (Å²) in [5.74, 6) is -0.194. The van der Waals surface area contributed by atoms with Gasteiger partial charge in [0.15, 0.2) is 0 Å². The first-order valence-electron chi connectivity index (χ1n) is 6.40. The smallest absolute Gasteiger partial charge is 0.302 e. The summed E-state index contributed by atoms with van der Waals surface area (Å²) >= 11 is 0. The Morgan fingerprint density at radius 3 is 2.06 bits per heavy atom. The number of hydrogen-bond acceptors (Lipinski definition) is 2. The Labute approximate surface area is 98.6 Å². The number of rotatable bonds is 10. The van der Waals surface area contributed by atoms with Gasteiger partial charge in [0.05, 0.1) is 12.8 Å². The molecular weight excluding hydrogens is 207 g/mol. The predicted octanol–water partition coefficient (Wildman–Crippen LogP) is 4.03. The summed E-state index contributed by atoms with van der Waals surface area (Å²) in [7, 11) is 0. The molecule has 0 heterocycles. The largest absolute Gasteiger partial charge is 0.466 e. The lowest BCUT2D eigenvalue weighted by Crippen LogP contribution is -2.00. The molecule has 3 heteroatoms. The molecule has 0 saturated carbocycles. The highest BCUT2D eigenvalue weighted by Gasteiger charge is 1.97. The van der Waals surface area contributed by atoms with Crippen LogP contribution in [0.5, 0.6) is 0 Å². The maximum Gasteiger partial charge on any atom is 0.302 e. The van der Waals surface area contributed by atoms with Gasteiger partial charge in [0, 0.05) is 6.92 Å². The third-order valence-corrected chi connectivity index (χ3v) is 2.55. The first-order chi connectivity index (χ1) is 7.63. The van der Waals surface area contributed by atoms with Crippen molar-refractivity contribution in [3.8, 4) is 0 Å². The van der Waals surface area contributed by atoms with Gasteiger partial charge in [-0.05, 0) is 19.8 Å². The molecule has 0 aromatic carbocycles. The maximum absolute atomic E-state index is 12.4. The molecule has 16 heavy (non-hydrogen) atoms. The average molecular weight is 232 g/mol. The highest BCUT2D eigenvalue weighted by Crippen LogP contribution is 2.10. The molecule has 0 spiro atoms. The molecule has 0 N–H and O–H groups in total. The third-order valence-electron chi connectivity index (χ3n) is 2.55. The standard InChI is InChI=1S/C13H25FO2/c1-12(14)10-8-6-4-3-5-7-9-11-16-13(2)15/h12H,3-11H2,1-2H3. The molecule has 1 atom stereocenters. The summed E-state index contributed by atoms with van der Waals surface area (Å²) in [5, 5.41) is 0.